The summed E-state index contributed by atoms with van der Waals surface area (Å²) in [5, 5.41) is 12.3. The SMILES string of the molecule is C[C@H]1CN(C(=O)C2CCC(Nc3nccc(-n4ncc5c(OCC6CCS(=O)(=O)C6)cccc54)n3)CC2)CCN1. The minimum Gasteiger partial charge on any atom is -0.493 e. The number of aromatic nitrogens is 4. The lowest BCUT2D eigenvalue weighted by molar-refractivity contribution is -0.137. The van der Waals surface area contributed by atoms with Gasteiger partial charge in [0.2, 0.25) is 11.9 Å². The predicted molar refractivity (Wildman–Crippen MR) is 152 cm³/mol. The van der Waals surface area contributed by atoms with Crippen LogP contribution in [0.2, 0.25) is 0 Å². The van der Waals surface area contributed by atoms with Gasteiger partial charge in [-0.1, -0.05) is 6.07 Å². The van der Waals surface area contributed by atoms with Gasteiger partial charge >= 0.3 is 0 Å². The maximum atomic E-state index is 13.0. The van der Waals surface area contributed by atoms with E-state index in [-0.39, 0.29) is 29.4 Å². The number of piperazine rings is 1. The Bertz CT molecular complexity index is 1470. The summed E-state index contributed by atoms with van der Waals surface area (Å²) in [6.07, 6.45) is 7.66. The van der Waals surface area contributed by atoms with Gasteiger partial charge in [-0.05, 0) is 51.2 Å². The fourth-order valence-electron chi connectivity index (χ4n) is 6.14. The zero-order chi connectivity index (χ0) is 27.7. The van der Waals surface area contributed by atoms with Crippen molar-refractivity contribution in [2.24, 2.45) is 11.8 Å². The molecule has 1 unspecified atom stereocenters. The van der Waals surface area contributed by atoms with Gasteiger partial charge in [0.1, 0.15) is 5.75 Å². The van der Waals surface area contributed by atoms with Gasteiger partial charge in [-0.25, -0.2) is 18.1 Å². The molecule has 11 nitrogen and oxygen atoms in total. The quantitative estimate of drug-likeness (QED) is 0.442. The van der Waals surface area contributed by atoms with Crippen molar-refractivity contribution in [3.8, 4) is 11.6 Å². The molecule has 12 heteroatoms. The van der Waals surface area contributed by atoms with Crippen LogP contribution in [0, 0.1) is 11.8 Å². The third kappa shape index (κ3) is 5.92. The molecule has 0 bridgehead atoms. The van der Waals surface area contributed by atoms with E-state index >= 15 is 0 Å². The molecule has 4 heterocycles. The van der Waals surface area contributed by atoms with Gasteiger partial charge < -0.3 is 20.3 Å². The Labute approximate surface area is 234 Å². The highest BCUT2D eigenvalue weighted by atomic mass is 32.2. The van der Waals surface area contributed by atoms with Gasteiger partial charge in [0, 0.05) is 55.8 Å². The second kappa shape index (κ2) is 11.3. The lowest BCUT2D eigenvalue weighted by atomic mass is 9.85. The first-order valence-electron chi connectivity index (χ1n) is 14.3. The third-order valence-corrected chi connectivity index (χ3v) is 10.2. The molecule has 214 valence electrons. The number of carbonyl (C=O) groups is 1. The third-order valence-electron chi connectivity index (χ3n) is 8.32. The molecule has 3 aromatic rings. The minimum absolute atomic E-state index is 0.0183. The second-order valence-electron chi connectivity index (χ2n) is 11.4. The maximum absolute atomic E-state index is 13.0. The van der Waals surface area contributed by atoms with E-state index in [1.54, 1.807) is 17.1 Å². The van der Waals surface area contributed by atoms with Crippen molar-refractivity contribution in [2.45, 2.75) is 51.1 Å². The summed E-state index contributed by atoms with van der Waals surface area (Å²) in [7, 11) is -2.94. The molecule has 2 atom stereocenters. The molecule has 1 aliphatic carbocycles. The number of ether oxygens (including phenoxy) is 1. The fraction of sp³-hybridized carbons (Fsp3) is 0.571. The summed E-state index contributed by atoms with van der Waals surface area (Å²) >= 11 is 0. The molecule has 3 aliphatic rings. The zero-order valence-electron chi connectivity index (χ0n) is 22.8. The van der Waals surface area contributed by atoms with E-state index in [0.717, 1.165) is 56.2 Å². The first kappa shape index (κ1) is 26.9. The molecular weight excluding hydrogens is 530 g/mol. The number of nitrogens with one attached hydrogen (secondary N) is 2. The number of hydrogen-bond donors (Lipinski definition) is 2. The van der Waals surface area contributed by atoms with Gasteiger partial charge in [-0.2, -0.15) is 10.1 Å². The molecule has 2 aliphatic heterocycles. The maximum Gasteiger partial charge on any atom is 0.225 e. The van der Waals surface area contributed by atoms with Crippen LogP contribution in [-0.4, -0.2) is 88.8 Å². The first-order valence-corrected chi connectivity index (χ1v) is 16.1. The standard InChI is InChI=1S/C28H37N7O4S/c1-19-16-34(13-12-29-19)27(36)21-5-7-22(8-6-21)32-28-30-11-9-26(33-28)35-24-3-2-4-25(23(24)15-31-35)39-17-20-10-14-40(37,38)18-20/h2-4,9,11,15,19-22,29H,5-8,10,12-14,16-18H2,1H3,(H,30,32,33)/t19-,20?,21?,22?/m0/s1. The van der Waals surface area contributed by atoms with E-state index in [1.165, 1.54) is 0 Å². The Balaban J connectivity index is 1.08. The number of anilines is 1. The molecule has 1 aromatic carbocycles. The van der Waals surface area contributed by atoms with Crippen LogP contribution in [0.1, 0.15) is 39.0 Å². The fourth-order valence-corrected chi connectivity index (χ4v) is 7.98. The lowest BCUT2D eigenvalue weighted by Gasteiger charge is -2.36. The lowest BCUT2D eigenvalue weighted by Crippen LogP contribution is -2.53. The molecule has 3 fully saturated rings. The Morgan fingerprint density at radius 3 is 2.80 bits per heavy atom. The second-order valence-corrected chi connectivity index (χ2v) is 13.6. The number of rotatable bonds is 7. The Hall–Kier alpha value is -3.25. The normalized spacial score (nSPS) is 26.6. The van der Waals surface area contributed by atoms with Gasteiger partial charge in [0.25, 0.3) is 0 Å². The largest absolute Gasteiger partial charge is 0.493 e. The van der Waals surface area contributed by atoms with Crippen molar-refractivity contribution in [1.29, 1.82) is 0 Å². The van der Waals surface area contributed by atoms with E-state index in [1.807, 2.05) is 29.2 Å². The zero-order valence-corrected chi connectivity index (χ0v) is 23.6. The van der Waals surface area contributed by atoms with Gasteiger partial charge in [0.15, 0.2) is 15.7 Å². The molecular formula is C28H37N7O4S. The number of benzene rings is 1. The van der Waals surface area contributed by atoms with E-state index in [4.69, 9.17) is 9.72 Å². The van der Waals surface area contributed by atoms with E-state index < -0.39 is 9.84 Å². The smallest absolute Gasteiger partial charge is 0.225 e. The summed E-state index contributed by atoms with van der Waals surface area (Å²) in [6, 6.07) is 8.14. The van der Waals surface area contributed by atoms with Crippen LogP contribution in [-0.2, 0) is 14.6 Å². The Morgan fingerprint density at radius 1 is 1.18 bits per heavy atom. The van der Waals surface area contributed by atoms with Crippen LogP contribution in [0.3, 0.4) is 0 Å². The molecule has 0 radical (unpaired) electrons. The molecule has 40 heavy (non-hydrogen) atoms. The summed E-state index contributed by atoms with van der Waals surface area (Å²) in [5.41, 5.74) is 0.849. The highest BCUT2D eigenvalue weighted by Gasteiger charge is 2.31. The summed E-state index contributed by atoms with van der Waals surface area (Å²) < 4.78 is 31.4. The monoisotopic (exact) mass is 567 g/mol. The van der Waals surface area contributed by atoms with Crippen LogP contribution < -0.4 is 15.4 Å². The minimum atomic E-state index is -2.94. The summed E-state index contributed by atoms with van der Waals surface area (Å²) in [6.45, 7) is 4.94. The van der Waals surface area contributed by atoms with Crippen LogP contribution in [0.4, 0.5) is 5.95 Å². The average molecular weight is 568 g/mol. The van der Waals surface area contributed by atoms with E-state index in [0.29, 0.717) is 42.5 Å². The van der Waals surface area contributed by atoms with Crippen molar-refractivity contribution in [2.75, 3.05) is 43.1 Å². The van der Waals surface area contributed by atoms with E-state index in [9.17, 15) is 13.2 Å². The average Bonchev–Trinajstić information content (AvgIpc) is 3.55. The van der Waals surface area contributed by atoms with Crippen molar-refractivity contribution < 1.29 is 17.9 Å². The number of nitrogens with zero attached hydrogens (tertiary/aromatic N) is 5. The Morgan fingerprint density at radius 2 is 2.02 bits per heavy atom. The molecule has 6 rings (SSSR count). The van der Waals surface area contributed by atoms with Crippen LogP contribution in [0.15, 0.2) is 36.7 Å². The number of carbonyl (C=O) groups excluding carboxylic acids is 1. The number of fused-ring (bicyclic) bond motifs is 1. The van der Waals surface area contributed by atoms with Crippen LogP contribution >= 0.6 is 0 Å². The van der Waals surface area contributed by atoms with Crippen LogP contribution in [0.25, 0.3) is 16.7 Å². The number of amides is 1. The number of sulfone groups is 1. The van der Waals surface area contributed by atoms with E-state index in [2.05, 4.69) is 27.6 Å². The Kier molecular flexibility index (Phi) is 7.63. The van der Waals surface area contributed by atoms with Crippen molar-refractivity contribution in [3.63, 3.8) is 0 Å². The van der Waals surface area contributed by atoms with Gasteiger partial charge in [-0.3, -0.25) is 4.79 Å². The molecule has 2 aromatic heterocycles. The molecule has 1 amide bonds. The molecule has 0 spiro atoms. The predicted octanol–water partition coefficient (Wildman–Crippen LogP) is 2.42. The van der Waals surface area contributed by atoms with Crippen molar-refractivity contribution >= 4 is 32.6 Å². The molecule has 2 N–H and O–H groups in total. The number of hydrogen-bond acceptors (Lipinski definition) is 9. The van der Waals surface area contributed by atoms with Crippen molar-refractivity contribution in [1.82, 2.24) is 30.0 Å². The van der Waals surface area contributed by atoms with Crippen molar-refractivity contribution in [3.05, 3.63) is 36.7 Å². The highest BCUT2D eigenvalue weighted by molar-refractivity contribution is 7.91. The molecule has 1 saturated carbocycles. The summed E-state index contributed by atoms with van der Waals surface area (Å²) in [5.74, 6) is 2.71. The van der Waals surface area contributed by atoms with Gasteiger partial charge in [0.05, 0.1) is 35.2 Å². The first-order chi connectivity index (χ1) is 19.3. The summed E-state index contributed by atoms with van der Waals surface area (Å²) in [4.78, 5) is 24.2. The van der Waals surface area contributed by atoms with Crippen LogP contribution in [0.5, 0.6) is 5.75 Å². The molecule has 2 saturated heterocycles. The topological polar surface area (TPSA) is 131 Å². The highest BCUT2D eigenvalue weighted by Crippen LogP contribution is 2.30. The van der Waals surface area contributed by atoms with Gasteiger partial charge in [-0.15, -0.1) is 0 Å².